The maximum atomic E-state index is 4.92. The molecule has 0 saturated heterocycles. The van der Waals surface area contributed by atoms with Gasteiger partial charge in [0.25, 0.3) is 0 Å². The minimum atomic E-state index is 0.583. The first-order valence-electron chi connectivity index (χ1n) is 21.1. The summed E-state index contributed by atoms with van der Waals surface area (Å²) < 4.78 is 4.68. The summed E-state index contributed by atoms with van der Waals surface area (Å²) in [6, 6.07) is 65.6. The summed E-state index contributed by atoms with van der Waals surface area (Å²) in [5.41, 5.74) is 14.0. The van der Waals surface area contributed by atoms with E-state index in [4.69, 9.17) is 15.0 Å². The topological polar surface area (TPSA) is 61.4 Å². The molecular weight excluding hydrogens is 769 g/mol. The summed E-state index contributed by atoms with van der Waals surface area (Å²) in [7, 11) is 0. The molecular formula is C57H40N6. The number of aromatic nitrogens is 6. The van der Waals surface area contributed by atoms with E-state index >= 15 is 0 Å². The molecule has 11 aromatic rings. The van der Waals surface area contributed by atoms with Gasteiger partial charge in [0.2, 0.25) is 0 Å². The Morgan fingerprint density at radius 3 is 1.68 bits per heavy atom. The van der Waals surface area contributed by atoms with E-state index in [0.717, 1.165) is 61.4 Å². The van der Waals surface area contributed by atoms with Gasteiger partial charge in [-0.15, -0.1) is 0 Å². The highest BCUT2D eigenvalue weighted by atomic mass is 15.0. The molecule has 63 heavy (non-hydrogen) atoms. The van der Waals surface area contributed by atoms with Gasteiger partial charge in [0.15, 0.2) is 17.5 Å². The van der Waals surface area contributed by atoms with Crippen LogP contribution in [0.5, 0.6) is 0 Å². The third-order valence-corrected chi connectivity index (χ3v) is 11.7. The van der Waals surface area contributed by atoms with Gasteiger partial charge in [0, 0.05) is 62.2 Å². The lowest BCUT2D eigenvalue weighted by Gasteiger charge is -2.12. The number of hydrogen-bond donors (Lipinski definition) is 0. The second-order valence-corrected chi connectivity index (χ2v) is 15.5. The Morgan fingerprint density at radius 1 is 0.460 bits per heavy atom. The molecule has 6 heteroatoms. The molecule has 4 aromatic heterocycles. The van der Waals surface area contributed by atoms with Crippen molar-refractivity contribution in [1.82, 2.24) is 29.1 Å². The standard InChI is InChI=1S/C57H40N6/c1-2-50-47(28-16-18-39-36-43(38-58-37-39)57-60-55(41-19-6-3-7-20-41)59-56(61-57)42-21-8-4-9-22-42)48-25-12-14-29-51(48)62(50)45-34-32-40(33-35-45)46-27-17-31-53-54(46)49-26-13-15-30-52(49)63(53)44-23-10-5-11-24-44/h2-17,19-38H,1,18H2/b28-16-. The fraction of sp³-hybridized carbons (Fsp3) is 0.0175. The summed E-state index contributed by atoms with van der Waals surface area (Å²) in [4.78, 5) is 19.3. The molecule has 7 aromatic carbocycles. The SMILES string of the molecule is C=Cc1c(/C=C\Cc2cncc(-c3nc(-c4ccccc4)nc(-c4ccccc4)n3)c2)c2ccccc2n1-c1ccc(-c2cccc3c2c2ccccc2n3-c2ccccc2)cc1. The molecule has 0 radical (unpaired) electrons. The molecule has 0 atom stereocenters. The van der Waals surface area contributed by atoms with Crippen LogP contribution in [-0.2, 0) is 6.42 Å². The van der Waals surface area contributed by atoms with Crippen molar-refractivity contribution in [2.75, 3.05) is 0 Å². The van der Waals surface area contributed by atoms with Crippen LogP contribution in [0.2, 0.25) is 0 Å². The van der Waals surface area contributed by atoms with Crippen molar-refractivity contribution < 1.29 is 0 Å². The number of rotatable bonds is 10. The molecule has 0 saturated carbocycles. The van der Waals surface area contributed by atoms with E-state index < -0.39 is 0 Å². The molecule has 0 aliphatic rings. The number of fused-ring (bicyclic) bond motifs is 4. The molecule has 298 valence electrons. The second kappa shape index (κ2) is 16.2. The van der Waals surface area contributed by atoms with Crippen molar-refractivity contribution in [3.05, 3.63) is 230 Å². The first-order valence-corrected chi connectivity index (χ1v) is 21.1. The lowest BCUT2D eigenvalue weighted by Crippen LogP contribution is -2.00. The van der Waals surface area contributed by atoms with Crippen molar-refractivity contribution in [1.29, 1.82) is 0 Å². The van der Waals surface area contributed by atoms with Crippen molar-refractivity contribution in [2.24, 2.45) is 0 Å². The van der Waals surface area contributed by atoms with Crippen LogP contribution in [0.4, 0.5) is 0 Å². The maximum absolute atomic E-state index is 4.92. The highest BCUT2D eigenvalue weighted by Gasteiger charge is 2.18. The van der Waals surface area contributed by atoms with Crippen LogP contribution in [0.3, 0.4) is 0 Å². The fourth-order valence-electron chi connectivity index (χ4n) is 8.82. The van der Waals surface area contributed by atoms with Crippen molar-refractivity contribution >= 4 is 44.9 Å². The second-order valence-electron chi connectivity index (χ2n) is 15.5. The lowest BCUT2D eigenvalue weighted by atomic mass is 9.99. The van der Waals surface area contributed by atoms with Crippen molar-refractivity contribution in [3.8, 4) is 56.7 Å². The molecule has 0 aliphatic carbocycles. The predicted octanol–water partition coefficient (Wildman–Crippen LogP) is 13.9. The van der Waals surface area contributed by atoms with Gasteiger partial charge < -0.3 is 9.13 Å². The maximum Gasteiger partial charge on any atom is 0.165 e. The average Bonchev–Trinajstić information content (AvgIpc) is 3.87. The highest BCUT2D eigenvalue weighted by molar-refractivity contribution is 6.15. The average molecular weight is 809 g/mol. The highest BCUT2D eigenvalue weighted by Crippen LogP contribution is 2.39. The van der Waals surface area contributed by atoms with E-state index in [1.165, 1.54) is 27.4 Å². The molecule has 0 unspecified atom stereocenters. The van der Waals surface area contributed by atoms with Gasteiger partial charge in [-0.05, 0) is 77.7 Å². The van der Waals surface area contributed by atoms with Gasteiger partial charge in [-0.1, -0.05) is 158 Å². The van der Waals surface area contributed by atoms with Gasteiger partial charge in [-0.2, -0.15) is 0 Å². The molecule has 0 spiro atoms. The van der Waals surface area contributed by atoms with Crippen molar-refractivity contribution in [3.63, 3.8) is 0 Å². The lowest BCUT2D eigenvalue weighted by molar-refractivity contribution is 1.07. The van der Waals surface area contributed by atoms with Gasteiger partial charge >= 0.3 is 0 Å². The fourth-order valence-corrected chi connectivity index (χ4v) is 8.82. The van der Waals surface area contributed by atoms with E-state index in [0.29, 0.717) is 23.9 Å². The van der Waals surface area contributed by atoms with E-state index in [1.807, 2.05) is 79.1 Å². The molecule has 0 bridgehead atoms. The zero-order valence-corrected chi connectivity index (χ0v) is 34.4. The van der Waals surface area contributed by atoms with Crippen LogP contribution in [0.1, 0.15) is 16.8 Å². The van der Waals surface area contributed by atoms with E-state index in [9.17, 15) is 0 Å². The molecule has 0 aliphatic heterocycles. The number of benzene rings is 7. The zero-order valence-electron chi connectivity index (χ0n) is 34.4. The van der Waals surface area contributed by atoms with Crippen molar-refractivity contribution in [2.45, 2.75) is 6.42 Å². The van der Waals surface area contributed by atoms with Crippen LogP contribution < -0.4 is 0 Å². The minimum Gasteiger partial charge on any atom is -0.309 e. The third kappa shape index (κ3) is 6.90. The number of hydrogen-bond acceptors (Lipinski definition) is 4. The molecule has 0 amide bonds. The molecule has 0 fully saturated rings. The number of nitrogens with zero attached hydrogens (tertiary/aromatic N) is 6. The Balaban J connectivity index is 0.923. The first kappa shape index (κ1) is 37.5. The van der Waals surface area contributed by atoms with Gasteiger partial charge in [-0.25, -0.2) is 15.0 Å². The minimum absolute atomic E-state index is 0.583. The summed E-state index contributed by atoms with van der Waals surface area (Å²) in [6.45, 7) is 4.31. The van der Waals surface area contributed by atoms with Gasteiger partial charge in [0.05, 0.1) is 22.2 Å². The zero-order chi connectivity index (χ0) is 42.1. The predicted molar refractivity (Wildman–Crippen MR) is 260 cm³/mol. The molecule has 11 rings (SSSR count). The van der Waals surface area contributed by atoms with Gasteiger partial charge in [0.1, 0.15) is 0 Å². The molecule has 6 nitrogen and oxygen atoms in total. The van der Waals surface area contributed by atoms with Crippen LogP contribution in [0, 0.1) is 0 Å². The Kier molecular flexibility index (Phi) is 9.63. The Bertz CT molecular complexity index is 3420. The summed E-state index contributed by atoms with van der Waals surface area (Å²) in [5, 5.41) is 3.64. The Morgan fingerprint density at radius 2 is 1.02 bits per heavy atom. The smallest absolute Gasteiger partial charge is 0.165 e. The summed E-state index contributed by atoms with van der Waals surface area (Å²) in [5.74, 6) is 1.83. The normalized spacial score (nSPS) is 11.6. The third-order valence-electron chi connectivity index (χ3n) is 11.7. The van der Waals surface area contributed by atoms with Crippen LogP contribution in [0.15, 0.2) is 213 Å². The van der Waals surface area contributed by atoms with E-state index in [1.54, 1.807) is 0 Å². The van der Waals surface area contributed by atoms with Crippen LogP contribution in [-0.4, -0.2) is 29.1 Å². The van der Waals surface area contributed by atoms with E-state index in [-0.39, 0.29) is 0 Å². The Hall–Kier alpha value is -8.48. The van der Waals surface area contributed by atoms with Gasteiger partial charge in [-0.3, -0.25) is 4.98 Å². The molecule has 0 N–H and O–H groups in total. The monoisotopic (exact) mass is 808 g/mol. The quantitative estimate of drug-likeness (QED) is 0.138. The number of para-hydroxylation sites is 3. The largest absolute Gasteiger partial charge is 0.309 e. The summed E-state index contributed by atoms with van der Waals surface area (Å²) >= 11 is 0. The van der Waals surface area contributed by atoms with Crippen LogP contribution in [0.25, 0.3) is 102 Å². The first-order chi connectivity index (χ1) is 31.2. The molecule has 4 heterocycles. The van der Waals surface area contributed by atoms with Crippen LogP contribution >= 0.6 is 0 Å². The summed E-state index contributed by atoms with van der Waals surface area (Å²) in [6.07, 6.45) is 10.8. The van der Waals surface area contributed by atoms with E-state index in [2.05, 4.69) is 160 Å². The Labute approximate surface area is 365 Å². The number of pyridine rings is 1. The number of allylic oxidation sites excluding steroid dienone is 1.